The average Bonchev–Trinajstić information content (AvgIpc) is 3.04. The molecule has 0 saturated heterocycles. The Morgan fingerprint density at radius 1 is 0.848 bits per heavy atom. The third-order valence-corrected chi connectivity index (χ3v) is 3.78. The summed E-state index contributed by atoms with van der Waals surface area (Å²) in [6, 6.07) is 0.296. The molecule has 0 aliphatic heterocycles. The van der Waals surface area contributed by atoms with E-state index < -0.39 is 5.92 Å². The fourth-order valence-electron chi connectivity index (χ4n) is 2.03. The number of unbranched alkanes of at least 4 members (excludes halogenated alkanes) is 2. The van der Waals surface area contributed by atoms with Gasteiger partial charge in [0.15, 0.2) is 0 Å². The number of aliphatic imine (C=N–C) groups is 1. The molecule has 0 rings (SSSR count). The van der Waals surface area contributed by atoms with Crippen LogP contribution in [0.4, 0.5) is 8.78 Å². The number of nitrogens with two attached hydrogens (primary N) is 1. The van der Waals surface area contributed by atoms with E-state index in [-0.39, 0.29) is 0 Å². The number of alkyl halides is 2. The average molecular weight is 668 g/mol. The summed E-state index contributed by atoms with van der Waals surface area (Å²) in [5, 5.41) is 3.18. The first kappa shape index (κ1) is 74.9. The number of hydrogen-bond acceptors (Lipinski definition) is 3. The van der Waals surface area contributed by atoms with Gasteiger partial charge in [0.2, 0.25) is 5.92 Å². The van der Waals surface area contributed by atoms with Gasteiger partial charge < -0.3 is 11.1 Å². The molecular formula is C41H95F2N3. The number of hydrogen-bond donors (Lipinski definition) is 2. The molecule has 0 aromatic heterocycles. The van der Waals surface area contributed by atoms with Gasteiger partial charge in [-0.25, -0.2) is 8.78 Å². The molecule has 0 bridgehead atoms. The molecule has 0 spiro atoms. The van der Waals surface area contributed by atoms with Crippen molar-refractivity contribution < 1.29 is 8.78 Å². The summed E-state index contributed by atoms with van der Waals surface area (Å²) in [6.07, 6.45) is 15.5. The maximum Gasteiger partial charge on any atom is 0.242 e. The molecular weight excluding hydrogens is 572 g/mol. The number of halogens is 2. The van der Waals surface area contributed by atoms with Gasteiger partial charge in [-0.05, 0) is 92.7 Å². The van der Waals surface area contributed by atoms with Crippen LogP contribution in [0.3, 0.4) is 0 Å². The van der Waals surface area contributed by atoms with E-state index in [4.69, 9.17) is 5.73 Å². The van der Waals surface area contributed by atoms with E-state index in [1.54, 1.807) is 13.0 Å². The molecule has 0 aliphatic rings. The van der Waals surface area contributed by atoms with Gasteiger partial charge in [-0.1, -0.05) is 160 Å². The molecule has 46 heavy (non-hydrogen) atoms. The first-order valence-corrected chi connectivity index (χ1v) is 18.4. The number of allylic oxidation sites excluding steroid dienone is 5. The maximum absolute atomic E-state index is 11.0. The van der Waals surface area contributed by atoms with Gasteiger partial charge in [0, 0.05) is 0 Å². The lowest BCUT2D eigenvalue weighted by Gasteiger charge is -2.20. The smallest absolute Gasteiger partial charge is 0.242 e. The van der Waals surface area contributed by atoms with E-state index in [2.05, 4.69) is 90.0 Å². The van der Waals surface area contributed by atoms with Gasteiger partial charge in [-0.3, -0.25) is 4.99 Å². The van der Waals surface area contributed by atoms with Gasteiger partial charge >= 0.3 is 0 Å². The number of rotatable bonds is 10. The van der Waals surface area contributed by atoms with Gasteiger partial charge in [-0.2, -0.15) is 0 Å². The Balaban J connectivity index is -0.0000000369. The van der Waals surface area contributed by atoms with Crippen LogP contribution < -0.4 is 11.1 Å². The summed E-state index contributed by atoms with van der Waals surface area (Å²) in [6.45, 7) is 51.9. The van der Waals surface area contributed by atoms with Crippen molar-refractivity contribution in [3.8, 4) is 0 Å². The van der Waals surface area contributed by atoms with Crippen molar-refractivity contribution in [2.75, 3.05) is 13.6 Å². The molecule has 0 aliphatic carbocycles. The molecule has 2 atom stereocenters. The SMILES string of the molecule is C/C=C\CC.C=C(C)N.C=CC.C=NC(/C(C)=C/CCC)C(C)CCNC.CC.CC.CC.CC.CC.CC(C)(F)F.CCCC. The highest BCUT2D eigenvalue weighted by atomic mass is 19.3. The zero-order valence-electron chi connectivity index (χ0n) is 36.3. The second-order valence-electron chi connectivity index (χ2n) is 8.79. The minimum atomic E-state index is -2.50. The van der Waals surface area contributed by atoms with Crippen LogP contribution >= 0.6 is 0 Å². The molecule has 2 unspecified atom stereocenters. The topological polar surface area (TPSA) is 50.4 Å². The predicted octanol–water partition coefficient (Wildman–Crippen LogP) is 15.3. The van der Waals surface area contributed by atoms with Gasteiger partial charge in [0.05, 0.1) is 6.04 Å². The molecule has 0 heterocycles. The summed E-state index contributed by atoms with van der Waals surface area (Å²) in [5.74, 6) is -1.93. The van der Waals surface area contributed by atoms with Crippen LogP contribution in [0.5, 0.6) is 0 Å². The lowest BCUT2D eigenvalue weighted by Crippen LogP contribution is -2.21. The van der Waals surface area contributed by atoms with E-state index in [9.17, 15) is 8.78 Å². The number of nitrogens with zero attached hydrogens (tertiary/aromatic N) is 1. The van der Waals surface area contributed by atoms with Gasteiger partial charge in [0.25, 0.3) is 0 Å². The third-order valence-electron chi connectivity index (χ3n) is 3.78. The minimum absolute atomic E-state index is 0.296. The van der Waals surface area contributed by atoms with E-state index in [1.165, 1.54) is 24.8 Å². The van der Waals surface area contributed by atoms with Gasteiger partial charge in [-0.15, -0.1) is 6.58 Å². The maximum atomic E-state index is 11.0. The van der Waals surface area contributed by atoms with Crippen LogP contribution in [0.25, 0.3) is 0 Å². The fourth-order valence-corrected chi connectivity index (χ4v) is 2.03. The predicted molar refractivity (Wildman–Crippen MR) is 223 cm³/mol. The van der Waals surface area contributed by atoms with E-state index in [1.807, 2.05) is 90.1 Å². The fraction of sp³-hybridized carbons (Fsp3) is 0.780. The lowest BCUT2D eigenvalue weighted by molar-refractivity contribution is 0.0437. The minimum Gasteiger partial charge on any atom is -0.403 e. The van der Waals surface area contributed by atoms with Crippen molar-refractivity contribution in [2.45, 2.75) is 196 Å². The second kappa shape index (κ2) is 90.2. The highest BCUT2D eigenvalue weighted by Gasteiger charge is 2.16. The molecule has 0 aromatic rings. The van der Waals surface area contributed by atoms with E-state index in [0.717, 1.165) is 39.7 Å². The summed E-state index contributed by atoms with van der Waals surface area (Å²) in [4.78, 5) is 4.25. The van der Waals surface area contributed by atoms with Crippen molar-refractivity contribution in [1.29, 1.82) is 0 Å². The van der Waals surface area contributed by atoms with E-state index in [0.29, 0.717) is 17.7 Å². The third kappa shape index (κ3) is 194. The molecule has 0 saturated carbocycles. The standard InChI is InChI=1S/C13H26N2.C5H10.C4H10.C3H6F2.C3H7N.C3H6.5C2H6/c1-6-7-8-11(2)13(15-5)12(3)9-10-14-4;1-3-5-4-2;1-3-4-2;1-3(2,4)5;1-3(2)4;1-3-2;5*1-2/h8,12-14H,5-7,9-10H2,1-4H3;3,5H,4H2,1-2H3;3-4H2,1-2H3;1-2H3;1,4H2,2H3;3H,1H2,2H3;5*1-2H3/b11-8+;5-3-;;;;;;;;;. The van der Waals surface area contributed by atoms with Crippen molar-refractivity contribution in [2.24, 2.45) is 16.6 Å². The lowest BCUT2D eigenvalue weighted by atomic mass is 9.92. The quantitative estimate of drug-likeness (QED) is 0.180. The summed E-state index contributed by atoms with van der Waals surface area (Å²) >= 11 is 0. The zero-order chi connectivity index (χ0) is 40.0. The van der Waals surface area contributed by atoms with Crippen molar-refractivity contribution in [3.63, 3.8) is 0 Å². The van der Waals surface area contributed by atoms with Crippen LogP contribution in [0.1, 0.15) is 184 Å². The molecule has 0 aromatic carbocycles. The van der Waals surface area contributed by atoms with Crippen LogP contribution in [0.2, 0.25) is 0 Å². The summed E-state index contributed by atoms with van der Waals surface area (Å²) in [5.41, 5.74) is 6.95. The Morgan fingerprint density at radius 3 is 1.30 bits per heavy atom. The second-order valence-corrected chi connectivity index (χ2v) is 8.79. The number of nitrogens with one attached hydrogen (secondary N) is 1. The zero-order valence-corrected chi connectivity index (χ0v) is 36.3. The summed E-state index contributed by atoms with van der Waals surface area (Å²) < 4.78 is 22.0. The first-order valence-electron chi connectivity index (χ1n) is 18.4. The molecule has 3 N–H and O–H groups in total. The van der Waals surface area contributed by atoms with Crippen molar-refractivity contribution in [1.82, 2.24) is 5.32 Å². The first-order chi connectivity index (χ1) is 21.6. The molecule has 0 radical (unpaired) electrons. The molecule has 3 nitrogen and oxygen atoms in total. The molecule has 288 valence electrons. The Morgan fingerprint density at radius 2 is 1.15 bits per heavy atom. The Bertz CT molecular complexity index is 482. The summed E-state index contributed by atoms with van der Waals surface area (Å²) in [7, 11) is 1.99. The molecule has 0 amide bonds. The van der Waals surface area contributed by atoms with Crippen LogP contribution in [0.15, 0.2) is 53.7 Å². The van der Waals surface area contributed by atoms with Crippen LogP contribution in [0, 0.1) is 5.92 Å². The van der Waals surface area contributed by atoms with Gasteiger partial charge in [0.1, 0.15) is 0 Å². The Labute approximate surface area is 295 Å². The Hall–Kier alpha value is -1.75. The van der Waals surface area contributed by atoms with Crippen LogP contribution in [-0.2, 0) is 0 Å². The molecule has 5 heteroatoms. The largest absolute Gasteiger partial charge is 0.403 e. The Kier molecular flexibility index (Phi) is 147. The normalized spacial score (nSPS) is 9.78. The van der Waals surface area contributed by atoms with Crippen molar-refractivity contribution >= 4 is 6.72 Å². The van der Waals surface area contributed by atoms with Crippen LogP contribution in [-0.4, -0.2) is 32.3 Å². The highest BCUT2D eigenvalue weighted by Crippen LogP contribution is 2.19. The van der Waals surface area contributed by atoms with Crippen molar-refractivity contribution in [3.05, 3.63) is 48.7 Å². The monoisotopic (exact) mass is 668 g/mol. The van der Waals surface area contributed by atoms with E-state index >= 15 is 0 Å². The highest BCUT2D eigenvalue weighted by molar-refractivity contribution is 5.27. The molecule has 0 fully saturated rings.